The van der Waals surface area contributed by atoms with E-state index in [1.807, 2.05) is 6.07 Å². The fourth-order valence-electron chi connectivity index (χ4n) is 1.15. The first kappa shape index (κ1) is 10.2. The van der Waals surface area contributed by atoms with Gasteiger partial charge in [-0.05, 0) is 4.78 Å². The molecule has 78 valence electrons. The highest BCUT2D eigenvalue weighted by Crippen LogP contribution is 2.23. The summed E-state index contributed by atoms with van der Waals surface area (Å²) in [7, 11) is 0. The molecule has 0 aliphatic rings. The van der Waals surface area contributed by atoms with Crippen LogP contribution in [-0.2, 0) is 0 Å². The molecule has 6 heteroatoms. The maximum atomic E-state index is 12.3. The van der Waals surface area contributed by atoms with Crippen molar-refractivity contribution >= 4 is 23.1 Å². The SMILES string of the molecule is F[B-](F)(F)c1cnc(-c2ccccc2)s1. The summed E-state index contributed by atoms with van der Waals surface area (Å²) in [6.45, 7) is -4.93. The molecule has 1 aromatic carbocycles. The fraction of sp³-hybridized carbons (Fsp3) is 0. The number of halogens is 3. The number of thiazole rings is 1. The molecule has 0 atom stereocenters. The molecular formula is C9H6BF3NS-. The molecule has 0 saturated heterocycles. The minimum atomic E-state index is -4.93. The van der Waals surface area contributed by atoms with E-state index in [9.17, 15) is 12.9 Å². The summed E-state index contributed by atoms with van der Waals surface area (Å²) in [5.74, 6) is 0. The van der Waals surface area contributed by atoms with Crippen LogP contribution in [0.4, 0.5) is 12.9 Å². The molecule has 0 spiro atoms. The average Bonchev–Trinajstić information content (AvgIpc) is 2.67. The molecule has 2 rings (SSSR count). The van der Waals surface area contributed by atoms with Crippen molar-refractivity contribution in [3.63, 3.8) is 0 Å². The van der Waals surface area contributed by atoms with Crippen molar-refractivity contribution < 1.29 is 12.9 Å². The Morgan fingerprint density at radius 1 is 1.07 bits per heavy atom. The van der Waals surface area contributed by atoms with Crippen LogP contribution in [-0.4, -0.2) is 12.0 Å². The van der Waals surface area contributed by atoms with Crippen LogP contribution in [0.5, 0.6) is 0 Å². The molecule has 2 aromatic rings. The monoisotopic (exact) mass is 228 g/mol. The van der Waals surface area contributed by atoms with Gasteiger partial charge in [-0.3, -0.25) is 0 Å². The minimum Gasteiger partial charge on any atom is -0.444 e. The predicted molar refractivity (Wildman–Crippen MR) is 56.3 cm³/mol. The summed E-state index contributed by atoms with van der Waals surface area (Å²) in [5, 5.41) is 0.407. The number of rotatable bonds is 2. The number of aromatic nitrogens is 1. The maximum absolute atomic E-state index is 12.3. The second-order valence-corrected chi connectivity index (χ2v) is 4.07. The second-order valence-electron chi connectivity index (χ2n) is 3.01. The normalized spacial score (nSPS) is 11.7. The van der Waals surface area contributed by atoms with Crippen LogP contribution in [0.15, 0.2) is 36.5 Å². The van der Waals surface area contributed by atoms with Gasteiger partial charge in [0.05, 0.1) is 0 Å². The molecule has 1 nitrogen and oxygen atoms in total. The van der Waals surface area contributed by atoms with Crippen LogP contribution >= 0.6 is 11.3 Å². The van der Waals surface area contributed by atoms with Gasteiger partial charge >= 0.3 is 6.98 Å². The summed E-state index contributed by atoms with van der Waals surface area (Å²) in [4.78, 5) is 3.77. The van der Waals surface area contributed by atoms with E-state index in [1.165, 1.54) is 0 Å². The van der Waals surface area contributed by atoms with Gasteiger partial charge in [0.1, 0.15) is 5.01 Å². The van der Waals surface area contributed by atoms with E-state index < -0.39 is 11.8 Å². The first-order valence-corrected chi connectivity index (χ1v) is 5.10. The summed E-state index contributed by atoms with van der Waals surface area (Å²) < 4.78 is 36.4. The Morgan fingerprint density at radius 3 is 2.27 bits per heavy atom. The van der Waals surface area contributed by atoms with Crippen LogP contribution in [0, 0.1) is 0 Å². The van der Waals surface area contributed by atoms with Crippen LogP contribution in [0.2, 0.25) is 0 Å². The largest absolute Gasteiger partial charge is 0.521 e. The van der Waals surface area contributed by atoms with Gasteiger partial charge < -0.3 is 12.9 Å². The van der Waals surface area contributed by atoms with E-state index in [2.05, 4.69) is 4.98 Å². The second kappa shape index (κ2) is 3.69. The van der Waals surface area contributed by atoms with E-state index in [4.69, 9.17) is 0 Å². The molecule has 0 bridgehead atoms. The highest BCUT2D eigenvalue weighted by atomic mass is 32.1. The number of hydrogen-bond donors (Lipinski definition) is 0. The molecule has 1 heterocycles. The molecule has 0 aliphatic heterocycles. The van der Waals surface area contributed by atoms with Crippen LogP contribution in [0.1, 0.15) is 0 Å². The summed E-state index contributed by atoms with van der Waals surface area (Å²) in [6.07, 6.45) is 0.896. The third-order valence-electron chi connectivity index (χ3n) is 1.87. The number of nitrogens with zero attached hydrogens (tertiary/aromatic N) is 1. The van der Waals surface area contributed by atoms with E-state index in [-0.39, 0.29) is 0 Å². The van der Waals surface area contributed by atoms with Crippen molar-refractivity contribution in [3.8, 4) is 10.6 Å². The van der Waals surface area contributed by atoms with Gasteiger partial charge in [-0.1, -0.05) is 30.3 Å². The molecule has 0 aliphatic carbocycles. The van der Waals surface area contributed by atoms with Crippen molar-refractivity contribution in [3.05, 3.63) is 36.5 Å². The van der Waals surface area contributed by atoms with Crippen molar-refractivity contribution in [2.24, 2.45) is 0 Å². The summed E-state index contributed by atoms with van der Waals surface area (Å²) in [5.41, 5.74) is 0.716. The molecule has 0 fully saturated rings. The number of hydrogen-bond acceptors (Lipinski definition) is 2. The van der Waals surface area contributed by atoms with Gasteiger partial charge in [0.25, 0.3) is 0 Å². The lowest BCUT2D eigenvalue weighted by Gasteiger charge is -2.09. The lowest BCUT2D eigenvalue weighted by atomic mass is 9.91. The number of benzene rings is 1. The molecule has 1 aromatic heterocycles. The third-order valence-corrected chi connectivity index (χ3v) is 3.01. The van der Waals surface area contributed by atoms with E-state index in [0.29, 0.717) is 21.9 Å². The molecule has 0 amide bonds. The summed E-state index contributed by atoms with van der Waals surface area (Å²) >= 11 is 0.685. The van der Waals surface area contributed by atoms with Crippen molar-refractivity contribution in [1.29, 1.82) is 0 Å². The smallest absolute Gasteiger partial charge is 0.444 e. The Bertz CT molecular complexity index is 452. The minimum absolute atomic E-state index is 0.407. The van der Waals surface area contributed by atoms with Crippen LogP contribution in [0.3, 0.4) is 0 Å². The molecule has 0 N–H and O–H groups in total. The van der Waals surface area contributed by atoms with Gasteiger partial charge in [-0.15, -0.1) is 0 Å². The van der Waals surface area contributed by atoms with Crippen LogP contribution in [0.25, 0.3) is 10.6 Å². The topological polar surface area (TPSA) is 12.9 Å². The zero-order valence-electron chi connectivity index (χ0n) is 7.53. The standard InChI is InChI=1S/C9H6BF3NS/c11-10(12,13)8-6-14-9(15-8)7-4-2-1-3-5-7/h1-6H/q-1. The zero-order valence-corrected chi connectivity index (χ0v) is 8.35. The Kier molecular flexibility index (Phi) is 2.52. The lowest BCUT2D eigenvalue weighted by molar-refractivity contribution is 0.502. The Hall–Kier alpha value is -1.30. The Labute approximate surface area is 88.7 Å². The van der Waals surface area contributed by atoms with Crippen molar-refractivity contribution in [2.45, 2.75) is 0 Å². The zero-order chi connectivity index (χ0) is 10.9. The van der Waals surface area contributed by atoms with Gasteiger partial charge in [-0.2, -0.15) is 11.3 Å². The lowest BCUT2D eigenvalue weighted by Crippen LogP contribution is -2.30. The van der Waals surface area contributed by atoms with Gasteiger partial charge in [0.2, 0.25) is 0 Å². The molecule has 15 heavy (non-hydrogen) atoms. The highest BCUT2D eigenvalue weighted by Gasteiger charge is 2.28. The Morgan fingerprint density at radius 2 is 1.73 bits per heavy atom. The van der Waals surface area contributed by atoms with E-state index in [0.717, 1.165) is 6.20 Å². The summed E-state index contributed by atoms with van der Waals surface area (Å²) in [6, 6.07) is 8.84. The van der Waals surface area contributed by atoms with E-state index in [1.54, 1.807) is 24.3 Å². The van der Waals surface area contributed by atoms with Crippen molar-refractivity contribution in [2.75, 3.05) is 0 Å². The predicted octanol–water partition coefficient (Wildman–Crippen LogP) is 2.86. The maximum Gasteiger partial charge on any atom is 0.521 e. The van der Waals surface area contributed by atoms with Gasteiger partial charge in [-0.25, -0.2) is 4.98 Å². The van der Waals surface area contributed by atoms with Gasteiger partial charge in [0.15, 0.2) is 0 Å². The van der Waals surface area contributed by atoms with Crippen LogP contribution < -0.4 is 4.78 Å². The quantitative estimate of drug-likeness (QED) is 0.720. The molecule has 0 unspecified atom stereocenters. The molecule has 0 saturated carbocycles. The highest BCUT2D eigenvalue weighted by molar-refractivity contribution is 7.26. The average molecular weight is 228 g/mol. The van der Waals surface area contributed by atoms with E-state index >= 15 is 0 Å². The van der Waals surface area contributed by atoms with Gasteiger partial charge in [0, 0.05) is 11.8 Å². The molecular weight excluding hydrogens is 222 g/mol. The Balaban J connectivity index is 2.37. The third kappa shape index (κ3) is 2.20. The molecule has 0 radical (unpaired) electrons. The fourth-order valence-corrected chi connectivity index (χ4v) is 1.97. The van der Waals surface area contributed by atoms with Crippen molar-refractivity contribution in [1.82, 2.24) is 4.98 Å². The first-order valence-electron chi connectivity index (χ1n) is 4.28. The first-order chi connectivity index (χ1) is 7.07.